The quantitative estimate of drug-likeness (QED) is 0.664. The van der Waals surface area contributed by atoms with Crippen molar-refractivity contribution in [1.29, 1.82) is 0 Å². The Morgan fingerprint density at radius 3 is 2.22 bits per heavy atom. The zero-order chi connectivity index (χ0) is 17.0. The molecule has 0 unspecified atom stereocenters. The van der Waals surface area contributed by atoms with E-state index in [1.54, 1.807) is 0 Å². The summed E-state index contributed by atoms with van der Waals surface area (Å²) in [4.78, 5) is 23.9. The van der Waals surface area contributed by atoms with Crippen molar-refractivity contribution in [2.75, 3.05) is 11.9 Å². The molecule has 2 rings (SSSR count). The van der Waals surface area contributed by atoms with Crippen LogP contribution in [0.15, 0.2) is 36.7 Å². The van der Waals surface area contributed by atoms with Gasteiger partial charge in [-0.25, -0.2) is 0 Å². The highest BCUT2D eigenvalue weighted by molar-refractivity contribution is 5.99. The average Bonchev–Trinajstić information content (AvgIpc) is 2.49. The molecule has 1 heterocycles. The van der Waals surface area contributed by atoms with Gasteiger partial charge in [0.15, 0.2) is 12.4 Å². The first-order valence-corrected chi connectivity index (χ1v) is 7.21. The number of anilines is 1. The Kier molecular flexibility index (Phi) is 4.95. The van der Waals surface area contributed by atoms with E-state index in [9.17, 15) is 14.8 Å². The second-order valence-electron chi connectivity index (χ2n) is 5.45. The van der Waals surface area contributed by atoms with Crippen LogP contribution in [0, 0.1) is 26.0 Å². The van der Waals surface area contributed by atoms with Crippen molar-refractivity contribution < 1.29 is 14.3 Å². The van der Waals surface area contributed by atoms with Crippen molar-refractivity contribution in [1.82, 2.24) is 5.32 Å². The molecule has 0 spiro atoms. The van der Waals surface area contributed by atoms with E-state index in [2.05, 4.69) is 10.6 Å². The first-order chi connectivity index (χ1) is 10.9. The maximum Gasteiger partial charge on any atom is 0.252 e. The summed E-state index contributed by atoms with van der Waals surface area (Å²) in [6.45, 7) is 5.71. The molecule has 1 aromatic heterocycles. The largest absolute Gasteiger partial charge is 0.619 e. The number of nitrogens with zero attached hydrogens (tertiary/aromatic N) is 1. The van der Waals surface area contributed by atoms with Crippen LogP contribution in [-0.4, -0.2) is 18.4 Å². The van der Waals surface area contributed by atoms with Crippen LogP contribution in [0.2, 0.25) is 0 Å². The van der Waals surface area contributed by atoms with Crippen molar-refractivity contribution in [2.45, 2.75) is 20.8 Å². The number of carbonyl (C=O) groups excluding carboxylic acids is 2. The lowest BCUT2D eigenvalue weighted by molar-refractivity contribution is -0.605. The molecule has 0 bridgehead atoms. The molecule has 2 amide bonds. The molecule has 0 saturated carbocycles. The monoisotopic (exact) mass is 313 g/mol. The lowest BCUT2D eigenvalue weighted by atomic mass is 10.1. The van der Waals surface area contributed by atoms with Crippen LogP contribution in [0.1, 0.15) is 27.0 Å². The molecule has 2 N–H and O–H groups in total. The van der Waals surface area contributed by atoms with Gasteiger partial charge in [-0.2, -0.15) is 4.73 Å². The molecule has 1 aromatic carbocycles. The van der Waals surface area contributed by atoms with Crippen LogP contribution in [0.3, 0.4) is 0 Å². The predicted molar refractivity (Wildman–Crippen MR) is 87.0 cm³/mol. The van der Waals surface area contributed by atoms with Crippen LogP contribution in [0.25, 0.3) is 0 Å². The average molecular weight is 313 g/mol. The van der Waals surface area contributed by atoms with Gasteiger partial charge in [0.1, 0.15) is 0 Å². The summed E-state index contributed by atoms with van der Waals surface area (Å²) in [5, 5.41) is 16.3. The van der Waals surface area contributed by atoms with Gasteiger partial charge in [-0.3, -0.25) is 9.59 Å². The molecule has 0 fully saturated rings. The highest BCUT2D eigenvalue weighted by Crippen LogP contribution is 2.21. The van der Waals surface area contributed by atoms with Gasteiger partial charge in [-0.05, 0) is 31.9 Å². The summed E-state index contributed by atoms with van der Waals surface area (Å²) in [5.74, 6) is -0.707. The van der Waals surface area contributed by atoms with Crippen LogP contribution >= 0.6 is 0 Å². The fraction of sp³-hybridized carbons (Fsp3) is 0.235. The maximum absolute atomic E-state index is 12.0. The Bertz CT molecular complexity index is 716. The number of benzene rings is 1. The van der Waals surface area contributed by atoms with Crippen LogP contribution in [-0.2, 0) is 4.79 Å². The zero-order valence-corrected chi connectivity index (χ0v) is 13.3. The van der Waals surface area contributed by atoms with Gasteiger partial charge in [-0.15, -0.1) is 0 Å². The highest BCUT2D eigenvalue weighted by Gasteiger charge is 2.11. The zero-order valence-electron chi connectivity index (χ0n) is 13.3. The first-order valence-electron chi connectivity index (χ1n) is 7.21. The topological polar surface area (TPSA) is 85.1 Å². The summed E-state index contributed by atoms with van der Waals surface area (Å²) in [6.07, 6.45) is 2.46. The van der Waals surface area contributed by atoms with Gasteiger partial charge in [0.2, 0.25) is 5.91 Å². The summed E-state index contributed by atoms with van der Waals surface area (Å²) in [7, 11) is 0. The SMILES string of the molecule is Cc1cc(C)c(NC(=O)CNC(=O)c2cc[n+]([O-])cc2)c(C)c1. The number of amides is 2. The molecule has 120 valence electrons. The van der Waals surface area contributed by atoms with Gasteiger partial charge < -0.3 is 15.8 Å². The molecule has 0 aliphatic carbocycles. The number of pyridine rings is 1. The fourth-order valence-corrected chi connectivity index (χ4v) is 2.39. The number of nitrogens with one attached hydrogen (secondary N) is 2. The van der Waals surface area contributed by atoms with E-state index in [4.69, 9.17) is 0 Å². The van der Waals surface area contributed by atoms with E-state index >= 15 is 0 Å². The molecule has 6 nitrogen and oxygen atoms in total. The van der Waals surface area contributed by atoms with Gasteiger partial charge in [0, 0.05) is 17.8 Å². The normalized spacial score (nSPS) is 10.2. The summed E-state index contributed by atoms with van der Waals surface area (Å²) in [5.41, 5.74) is 4.18. The Hall–Kier alpha value is -2.89. The Morgan fingerprint density at radius 2 is 1.65 bits per heavy atom. The van der Waals surface area contributed by atoms with Crippen LogP contribution in [0.4, 0.5) is 5.69 Å². The molecule has 0 aliphatic rings. The van der Waals surface area contributed by atoms with Crippen molar-refractivity contribution >= 4 is 17.5 Å². The lowest BCUT2D eigenvalue weighted by Gasteiger charge is -2.13. The van der Waals surface area contributed by atoms with E-state index in [1.165, 1.54) is 24.5 Å². The number of carbonyl (C=O) groups is 2. The van der Waals surface area contributed by atoms with Gasteiger partial charge in [0.25, 0.3) is 5.91 Å². The maximum atomic E-state index is 12.0. The van der Waals surface area contributed by atoms with Gasteiger partial charge >= 0.3 is 0 Å². The van der Waals surface area contributed by atoms with Gasteiger partial charge in [0.05, 0.1) is 12.1 Å². The third-order valence-corrected chi connectivity index (χ3v) is 3.42. The number of aryl methyl sites for hydroxylation is 3. The van der Waals surface area contributed by atoms with Crippen molar-refractivity contribution in [3.8, 4) is 0 Å². The smallest absolute Gasteiger partial charge is 0.252 e. The second-order valence-corrected chi connectivity index (χ2v) is 5.45. The fourth-order valence-electron chi connectivity index (χ4n) is 2.39. The molecule has 0 radical (unpaired) electrons. The third kappa shape index (κ3) is 4.29. The third-order valence-electron chi connectivity index (χ3n) is 3.42. The Balaban J connectivity index is 1.95. The van der Waals surface area contributed by atoms with E-state index in [-0.39, 0.29) is 12.5 Å². The minimum Gasteiger partial charge on any atom is -0.619 e. The second kappa shape index (κ2) is 6.91. The van der Waals surface area contributed by atoms with E-state index in [1.807, 2.05) is 32.9 Å². The molecule has 0 aliphatic heterocycles. The number of hydrogen-bond acceptors (Lipinski definition) is 3. The molecular weight excluding hydrogens is 294 g/mol. The number of rotatable bonds is 4. The first kappa shape index (κ1) is 16.5. The van der Waals surface area contributed by atoms with Crippen LogP contribution < -0.4 is 15.4 Å². The molecule has 2 aromatic rings. The molecule has 0 saturated heterocycles. The Labute approximate surface area is 134 Å². The summed E-state index contributed by atoms with van der Waals surface area (Å²) >= 11 is 0. The summed E-state index contributed by atoms with van der Waals surface area (Å²) < 4.78 is 0.590. The van der Waals surface area contributed by atoms with E-state index in [0.29, 0.717) is 10.3 Å². The summed E-state index contributed by atoms with van der Waals surface area (Å²) in [6, 6.07) is 6.77. The van der Waals surface area contributed by atoms with E-state index in [0.717, 1.165) is 22.4 Å². The van der Waals surface area contributed by atoms with Crippen LogP contribution in [0.5, 0.6) is 0 Å². The van der Waals surface area contributed by atoms with Crippen molar-refractivity contribution in [3.63, 3.8) is 0 Å². The molecule has 23 heavy (non-hydrogen) atoms. The molecule has 6 heteroatoms. The molecule has 0 atom stereocenters. The minimum atomic E-state index is -0.405. The predicted octanol–water partition coefficient (Wildman–Crippen LogP) is 1.61. The van der Waals surface area contributed by atoms with Crippen molar-refractivity contribution in [3.05, 3.63) is 64.1 Å². The lowest BCUT2D eigenvalue weighted by Crippen LogP contribution is -2.34. The Morgan fingerprint density at radius 1 is 1.09 bits per heavy atom. The molecular formula is C17H19N3O3. The minimum absolute atomic E-state index is 0.141. The van der Waals surface area contributed by atoms with E-state index < -0.39 is 5.91 Å². The highest BCUT2D eigenvalue weighted by atomic mass is 16.5. The van der Waals surface area contributed by atoms with Gasteiger partial charge in [-0.1, -0.05) is 17.7 Å². The van der Waals surface area contributed by atoms with Crippen molar-refractivity contribution in [2.24, 2.45) is 0 Å². The number of hydrogen-bond donors (Lipinski definition) is 2. The number of aromatic nitrogens is 1. The standard InChI is InChI=1S/C17H19N3O3/c1-11-8-12(2)16(13(3)9-11)19-15(21)10-18-17(22)14-4-6-20(23)7-5-14/h4-9H,10H2,1-3H3,(H,18,22)(H,19,21).